The van der Waals surface area contributed by atoms with E-state index in [1.54, 1.807) is 6.92 Å². The van der Waals surface area contributed by atoms with Crippen LogP contribution in [0.1, 0.15) is 44.2 Å². The molecule has 0 N–H and O–H groups in total. The van der Waals surface area contributed by atoms with Gasteiger partial charge in [0.05, 0.1) is 0 Å². The predicted molar refractivity (Wildman–Crippen MR) is 80.4 cm³/mol. The Morgan fingerprint density at radius 1 is 0.895 bits per heavy atom. The van der Waals surface area contributed by atoms with Gasteiger partial charge < -0.3 is 0 Å². The minimum atomic E-state index is 0.250. The van der Waals surface area contributed by atoms with Gasteiger partial charge in [0, 0.05) is 12.3 Å². The molecule has 0 amide bonds. The lowest BCUT2D eigenvalue weighted by molar-refractivity contribution is -0.117. The standard InChI is InChI=1S/C16H14O.C2H6/c1-11(17)10-16-14-8-4-2-6-12(14)13-7-3-5-9-15(13)16;1-2/h2-9,16H,10H2,1H3;1-2H3. The summed E-state index contributed by atoms with van der Waals surface area (Å²) < 4.78 is 0. The van der Waals surface area contributed by atoms with Gasteiger partial charge in [0.15, 0.2) is 0 Å². The molecule has 0 saturated carbocycles. The summed E-state index contributed by atoms with van der Waals surface area (Å²) in [5.74, 6) is 0.501. The van der Waals surface area contributed by atoms with E-state index in [0.29, 0.717) is 6.42 Å². The molecule has 1 aliphatic rings. The van der Waals surface area contributed by atoms with Gasteiger partial charge in [0.25, 0.3) is 0 Å². The van der Waals surface area contributed by atoms with E-state index in [4.69, 9.17) is 0 Å². The molecule has 0 aromatic heterocycles. The minimum Gasteiger partial charge on any atom is -0.300 e. The van der Waals surface area contributed by atoms with Crippen molar-refractivity contribution in [2.24, 2.45) is 0 Å². The summed E-state index contributed by atoms with van der Waals surface area (Å²) in [6.45, 7) is 5.67. The van der Waals surface area contributed by atoms with Gasteiger partial charge in [0.1, 0.15) is 5.78 Å². The maximum absolute atomic E-state index is 11.4. The van der Waals surface area contributed by atoms with E-state index in [9.17, 15) is 4.79 Å². The second-order valence-corrected chi connectivity index (χ2v) is 4.63. The Morgan fingerprint density at radius 2 is 1.32 bits per heavy atom. The van der Waals surface area contributed by atoms with E-state index in [1.807, 2.05) is 13.8 Å². The fourth-order valence-electron chi connectivity index (χ4n) is 2.77. The molecule has 0 spiro atoms. The molecule has 0 saturated heterocycles. The maximum atomic E-state index is 11.4. The lowest BCUT2D eigenvalue weighted by Gasteiger charge is -2.10. The third kappa shape index (κ3) is 2.46. The first kappa shape index (κ1) is 13.5. The molecule has 1 heteroatoms. The van der Waals surface area contributed by atoms with Crippen LogP contribution in [0.15, 0.2) is 48.5 Å². The van der Waals surface area contributed by atoms with E-state index in [2.05, 4.69) is 48.5 Å². The van der Waals surface area contributed by atoms with Crippen molar-refractivity contribution < 1.29 is 4.79 Å². The van der Waals surface area contributed by atoms with Gasteiger partial charge in [0.2, 0.25) is 0 Å². The van der Waals surface area contributed by atoms with Gasteiger partial charge in [-0.15, -0.1) is 0 Å². The van der Waals surface area contributed by atoms with Gasteiger partial charge in [-0.1, -0.05) is 62.4 Å². The van der Waals surface area contributed by atoms with E-state index < -0.39 is 0 Å². The number of ketones is 1. The first-order chi connectivity index (χ1) is 9.27. The lowest BCUT2D eigenvalue weighted by atomic mass is 9.92. The zero-order valence-electron chi connectivity index (χ0n) is 11.8. The third-order valence-corrected chi connectivity index (χ3v) is 3.45. The largest absolute Gasteiger partial charge is 0.300 e. The number of Topliss-reactive ketones (excluding diaryl/α,β-unsaturated/α-hetero) is 1. The zero-order chi connectivity index (χ0) is 13.8. The highest BCUT2D eigenvalue weighted by Gasteiger charge is 2.28. The maximum Gasteiger partial charge on any atom is 0.130 e. The molecule has 0 heterocycles. The highest BCUT2D eigenvalue weighted by molar-refractivity contribution is 5.83. The van der Waals surface area contributed by atoms with Gasteiger partial charge in [-0.3, -0.25) is 4.79 Å². The van der Waals surface area contributed by atoms with Gasteiger partial charge in [-0.2, -0.15) is 0 Å². The normalized spacial score (nSPS) is 12.2. The SMILES string of the molecule is CC.CC(=O)CC1c2ccccc2-c2ccccc21. The third-order valence-electron chi connectivity index (χ3n) is 3.45. The fourth-order valence-corrected chi connectivity index (χ4v) is 2.77. The van der Waals surface area contributed by atoms with Crippen LogP contribution < -0.4 is 0 Å². The van der Waals surface area contributed by atoms with Crippen molar-refractivity contribution in [1.29, 1.82) is 0 Å². The van der Waals surface area contributed by atoms with Crippen molar-refractivity contribution in [1.82, 2.24) is 0 Å². The summed E-state index contributed by atoms with van der Waals surface area (Å²) in [5, 5.41) is 0. The number of fused-ring (bicyclic) bond motifs is 3. The van der Waals surface area contributed by atoms with Crippen molar-refractivity contribution in [3.05, 3.63) is 59.7 Å². The number of rotatable bonds is 2. The number of hydrogen-bond donors (Lipinski definition) is 0. The first-order valence-corrected chi connectivity index (χ1v) is 6.95. The molecule has 0 radical (unpaired) electrons. The highest BCUT2D eigenvalue weighted by atomic mass is 16.1. The summed E-state index contributed by atoms with van der Waals surface area (Å²) in [6.07, 6.45) is 0.605. The molecular formula is C18H20O. The Balaban J connectivity index is 0.000000637. The molecule has 1 aliphatic carbocycles. The second-order valence-electron chi connectivity index (χ2n) is 4.63. The topological polar surface area (TPSA) is 17.1 Å². The Hall–Kier alpha value is -1.89. The number of hydrogen-bond acceptors (Lipinski definition) is 1. The molecule has 0 aliphatic heterocycles. The smallest absolute Gasteiger partial charge is 0.130 e. The van der Waals surface area contributed by atoms with Crippen LogP contribution in [0.5, 0.6) is 0 Å². The molecule has 19 heavy (non-hydrogen) atoms. The van der Waals surface area contributed by atoms with Crippen LogP contribution in [0, 0.1) is 0 Å². The average molecular weight is 252 g/mol. The molecular weight excluding hydrogens is 232 g/mol. The van der Waals surface area contributed by atoms with Crippen molar-refractivity contribution in [2.45, 2.75) is 33.1 Å². The molecule has 98 valence electrons. The van der Waals surface area contributed by atoms with Crippen LogP contribution in [0.2, 0.25) is 0 Å². The van der Waals surface area contributed by atoms with E-state index >= 15 is 0 Å². The fraction of sp³-hybridized carbons (Fsp3) is 0.278. The molecule has 2 aromatic rings. The molecule has 3 rings (SSSR count). The van der Waals surface area contributed by atoms with Crippen molar-refractivity contribution in [2.75, 3.05) is 0 Å². The van der Waals surface area contributed by atoms with Gasteiger partial charge in [-0.05, 0) is 29.2 Å². The second kappa shape index (κ2) is 5.83. The predicted octanol–water partition coefficient (Wildman–Crippen LogP) is 4.80. The zero-order valence-corrected chi connectivity index (χ0v) is 11.8. The van der Waals surface area contributed by atoms with Crippen LogP contribution in [-0.2, 0) is 4.79 Å². The Bertz CT molecular complexity index is 538. The summed E-state index contributed by atoms with van der Waals surface area (Å²) in [4.78, 5) is 11.4. The van der Waals surface area contributed by atoms with Gasteiger partial charge in [-0.25, -0.2) is 0 Å². The van der Waals surface area contributed by atoms with Crippen molar-refractivity contribution in [3.63, 3.8) is 0 Å². The number of carbonyl (C=O) groups excluding carboxylic acids is 1. The highest BCUT2D eigenvalue weighted by Crippen LogP contribution is 2.45. The van der Waals surface area contributed by atoms with E-state index in [1.165, 1.54) is 22.3 Å². The summed E-state index contributed by atoms with van der Waals surface area (Å²) in [7, 11) is 0. The average Bonchev–Trinajstić information content (AvgIpc) is 2.76. The Labute approximate surface area is 115 Å². The van der Waals surface area contributed by atoms with Crippen molar-refractivity contribution in [3.8, 4) is 11.1 Å². The Kier molecular flexibility index (Phi) is 4.16. The van der Waals surface area contributed by atoms with Crippen LogP contribution in [0.3, 0.4) is 0 Å². The van der Waals surface area contributed by atoms with Crippen LogP contribution in [-0.4, -0.2) is 5.78 Å². The number of benzene rings is 2. The molecule has 0 atom stereocenters. The molecule has 2 aromatic carbocycles. The summed E-state index contributed by atoms with van der Waals surface area (Å²) in [5.41, 5.74) is 5.16. The Morgan fingerprint density at radius 3 is 1.74 bits per heavy atom. The summed E-state index contributed by atoms with van der Waals surface area (Å²) in [6, 6.07) is 16.8. The van der Waals surface area contributed by atoms with E-state index in [-0.39, 0.29) is 11.7 Å². The molecule has 0 fully saturated rings. The summed E-state index contributed by atoms with van der Waals surface area (Å²) >= 11 is 0. The first-order valence-electron chi connectivity index (χ1n) is 6.95. The van der Waals surface area contributed by atoms with Crippen LogP contribution in [0.25, 0.3) is 11.1 Å². The molecule has 1 nitrogen and oxygen atoms in total. The minimum absolute atomic E-state index is 0.250. The quantitative estimate of drug-likeness (QED) is 0.750. The van der Waals surface area contributed by atoms with E-state index in [0.717, 1.165) is 0 Å². The molecule has 0 bridgehead atoms. The lowest BCUT2D eigenvalue weighted by Crippen LogP contribution is -2.02. The van der Waals surface area contributed by atoms with Crippen LogP contribution in [0.4, 0.5) is 0 Å². The number of carbonyl (C=O) groups is 1. The van der Waals surface area contributed by atoms with Crippen LogP contribution >= 0.6 is 0 Å². The monoisotopic (exact) mass is 252 g/mol. The molecule has 0 unspecified atom stereocenters. The van der Waals surface area contributed by atoms with Gasteiger partial charge >= 0.3 is 0 Å². The van der Waals surface area contributed by atoms with Crippen molar-refractivity contribution >= 4 is 5.78 Å².